The van der Waals surface area contributed by atoms with Gasteiger partial charge in [0.05, 0.1) is 19.3 Å². The number of aryl methyl sites for hydroxylation is 1. The Morgan fingerprint density at radius 3 is 2.84 bits per heavy atom. The van der Waals surface area contributed by atoms with Gasteiger partial charge in [-0.05, 0) is 24.6 Å². The van der Waals surface area contributed by atoms with Crippen molar-refractivity contribution in [2.75, 3.05) is 23.3 Å². The van der Waals surface area contributed by atoms with Gasteiger partial charge in [0.25, 0.3) is 11.8 Å². The van der Waals surface area contributed by atoms with Crippen LogP contribution in [0.4, 0.5) is 20.5 Å². The fraction of sp³-hybridized carbons (Fsp3) is 0.200. The lowest BCUT2D eigenvalue weighted by Crippen LogP contribution is -2.56. The second-order valence-corrected chi connectivity index (χ2v) is 7.75. The zero-order valence-corrected chi connectivity index (χ0v) is 16.9. The van der Waals surface area contributed by atoms with Crippen molar-refractivity contribution in [3.05, 3.63) is 59.0 Å². The van der Waals surface area contributed by atoms with E-state index in [2.05, 4.69) is 20.4 Å². The van der Waals surface area contributed by atoms with Gasteiger partial charge in [0.1, 0.15) is 11.3 Å². The average Bonchev–Trinajstić information content (AvgIpc) is 3.34. The first-order valence-electron chi connectivity index (χ1n) is 9.31. The molecular formula is C20H15ClF2N6O2. The molecule has 0 atom stereocenters. The maximum absolute atomic E-state index is 13.1. The van der Waals surface area contributed by atoms with Crippen LogP contribution in [-0.4, -0.2) is 44.4 Å². The Hall–Kier alpha value is -3.53. The van der Waals surface area contributed by atoms with Crippen molar-refractivity contribution in [2.24, 2.45) is 0 Å². The predicted octanol–water partition coefficient (Wildman–Crippen LogP) is 4.05. The van der Waals surface area contributed by atoms with Crippen LogP contribution in [0.25, 0.3) is 17.0 Å². The van der Waals surface area contributed by atoms with E-state index < -0.39 is 19.0 Å². The van der Waals surface area contributed by atoms with Gasteiger partial charge in [0.2, 0.25) is 5.82 Å². The van der Waals surface area contributed by atoms with E-state index in [1.807, 2.05) is 6.92 Å². The van der Waals surface area contributed by atoms with Gasteiger partial charge in [0, 0.05) is 28.5 Å². The summed E-state index contributed by atoms with van der Waals surface area (Å²) in [6.07, 6.45) is 3.14. The van der Waals surface area contributed by atoms with Gasteiger partial charge in [-0.3, -0.25) is 9.20 Å². The molecule has 0 saturated carbocycles. The monoisotopic (exact) mass is 444 g/mol. The third kappa shape index (κ3) is 3.59. The molecule has 8 nitrogen and oxygen atoms in total. The standard InChI is InChI=1S/C20H15ClF2N6O2/c1-11-2-3-12(17-26-19(31-27-17)28-9-20(22,23)10-28)6-14(11)25-18(30)15-8-24-16-7-13(21)4-5-29(15)16/h2-8H,9-10H2,1H3,(H,25,30). The second-order valence-electron chi connectivity index (χ2n) is 7.31. The van der Waals surface area contributed by atoms with E-state index in [4.69, 9.17) is 16.1 Å². The molecule has 1 aromatic carbocycles. The zero-order chi connectivity index (χ0) is 21.8. The lowest BCUT2D eigenvalue weighted by Gasteiger charge is -2.36. The summed E-state index contributed by atoms with van der Waals surface area (Å²) in [6.45, 7) is 0.945. The number of nitrogens with zero attached hydrogens (tertiary/aromatic N) is 5. The smallest absolute Gasteiger partial charge is 0.320 e. The summed E-state index contributed by atoms with van der Waals surface area (Å²) in [4.78, 5) is 22.5. The SMILES string of the molecule is Cc1ccc(-c2noc(N3CC(F)(F)C3)n2)cc1NC(=O)c1cnc2cc(Cl)ccn12. The van der Waals surface area contributed by atoms with E-state index in [0.29, 0.717) is 27.6 Å². The number of carbonyl (C=O) groups is 1. The van der Waals surface area contributed by atoms with E-state index in [9.17, 15) is 13.6 Å². The van der Waals surface area contributed by atoms with Gasteiger partial charge in [0.15, 0.2) is 0 Å². The molecule has 1 amide bonds. The van der Waals surface area contributed by atoms with Crippen LogP contribution in [0.2, 0.25) is 5.02 Å². The number of alkyl halides is 2. The molecule has 0 radical (unpaired) electrons. The van der Waals surface area contributed by atoms with Crippen molar-refractivity contribution in [2.45, 2.75) is 12.8 Å². The number of aromatic nitrogens is 4. The molecule has 5 rings (SSSR count). The quantitative estimate of drug-likeness (QED) is 0.511. The van der Waals surface area contributed by atoms with E-state index in [0.717, 1.165) is 5.56 Å². The molecule has 1 fully saturated rings. The fourth-order valence-corrected chi connectivity index (χ4v) is 3.47. The molecule has 4 aromatic rings. The minimum atomic E-state index is -2.74. The molecule has 1 aliphatic heterocycles. The first kappa shape index (κ1) is 19.4. The van der Waals surface area contributed by atoms with Crippen LogP contribution in [0, 0.1) is 6.92 Å². The highest BCUT2D eigenvalue weighted by atomic mass is 35.5. The van der Waals surface area contributed by atoms with Crippen LogP contribution in [-0.2, 0) is 0 Å². The van der Waals surface area contributed by atoms with Crippen molar-refractivity contribution in [3.8, 4) is 11.4 Å². The molecule has 4 heterocycles. The number of hydrogen-bond donors (Lipinski definition) is 1. The van der Waals surface area contributed by atoms with Gasteiger partial charge in [-0.1, -0.05) is 28.9 Å². The number of amides is 1. The Balaban J connectivity index is 1.39. The number of pyridine rings is 1. The molecule has 0 aliphatic carbocycles. The summed E-state index contributed by atoms with van der Waals surface area (Å²) < 4.78 is 32.9. The molecule has 0 bridgehead atoms. The van der Waals surface area contributed by atoms with Crippen LogP contribution in [0.3, 0.4) is 0 Å². The van der Waals surface area contributed by atoms with E-state index in [1.165, 1.54) is 11.1 Å². The Labute approximate surface area is 179 Å². The maximum Gasteiger partial charge on any atom is 0.324 e. The highest BCUT2D eigenvalue weighted by Gasteiger charge is 2.46. The third-order valence-corrected chi connectivity index (χ3v) is 5.22. The summed E-state index contributed by atoms with van der Waals surface area (Å²) in [6, 6.07) is 8.63. The Morgan fingerprint density at radius 1 is 1.26 bits per heavy atom. The summed E-state index contributed by atoms with van der Waals surface area (Å²) in [7, 11) is 0. The number of rotatable bonds is 4. The minimum absolute atomic E-state index is 0.0384. The van der Waals surface area contributed by atoms with Crippen LogP contribution in [0.5, 0.6) is 0 Å². The predicted molar refractivity (Wildman–Crippen MR) is 110 cm³/mol. The number of halogens is 3. The highest BCUT2D eigenvalue weighted by Crippen LogP contribution is 2.32. The molecule has 11 heteroatoms. The number of anilines is 2. The van der Waals surface area contributed by atoms with Gasteiger partial charge >= 0.3 is 6.01 Å². The molecule has 1 N–H and O–H groups in total. The van der Waals surface area contributed by atoms with Crippen LogP contribution >= 0.6 is 11.6 Å². The number of carbonyl (C=O) groups excluding carboxylic acids is 1. The van der Waals surface area contributed by atoms with Gasteiger partial charge in [-0.15, -0.1) is 0 Å². The number of nitrogens with one attached hydrogen (secondary N) is 1. The number of benzene rings is 1. The normalized spacial score (nSPS) is 15.2. The number of fused-ring (bicyclic) bond motifs is 1. The molecule has 1 saturated heterocycles. The van der Waals surface area contributed by atoms with Crippen molar-refractivity contribution < 1.29 is 18.1 Å². The molecule has 31 heavy (non-hydrogen) atoms. The summed E-state index contributed by atoms with van der Waals surface area (Å²) in [5.74, 6) is -2.85. The van der Waals surface area contributed by atoms with E-state index in [-0.39, 0.29) is 17.7 Å². The number of hydrogen-bond acceptors (Lipinski definition) is 6. The lowest BCUT2D eigenvalue weighted by atomic mass is 10.1. The van der Waals surface area contributed by atoms with E-state index >= 15 is 0 Å². The molecular weight excluding hydrogens is 430 g/mol. The summed E-state index contributed by atoms with van der Waals surface area (Å²) in [5.41, 5.74) is 2.84. The summed E-state index contributed by atoms with van der Waals surface area (Å²) >= 11 is 5.97. The van der Waals surface area contributed by atoms with Gasteiger partial charge in [-0.25, -0.2) is 13.8 Å². The fourth-order valence-electron chi connectivity index (χ4n) is 3.31. The van der Waals surface area contributed by atoms with Crippen molar-refractivity contribution in [1.82, 2.24) is 19.5 Å². The lowest BCUT2D eigenvalue weighted by molar-refractivity contribution is -0.0293. The third-order valence-electron chi connectivity index (χ3n) is 4.98. The summed E-state index contributed by atoms with van der Waals surface area (Å²) in [5, 5.41) is 7.26. The highest BCUT2D eigenvalue weighted by molar-refractivity contribution is 6.30. The Kier molecular flexibility index (Phi) is 4.40. The Bertz CT molecular complexity index is 1310. The molecule has 158 valence electrons. The zero-order valence-electron chi connectivity index (χ0n) is 16.1. The van der Waals surface area contributed by atoms with Crippen molar-refractivity contribution in [1.29, 1.82) is 0 Å². The first-order valence-corrected chi connectivity index (χ1v) is 9.68. The van der Waals surface area contributed by atoms with Crippen LogP contribution < -0.4 is 10.2 Å². The Morgan fingerprint density at radius 2 is 2.06 bits per heavy atom. The number of imidazole rings is 1. The minimum Gasteiger partial charge on any atom is -0.320 e. The molecule has 3 aromatic heterocycles. The van der Waals surface area contributed by atoms with Crippen molar-refractivity contribution in [3.63, 3.8) is 0 Å². The average molecular weight is 445 g/mol. The molecule has 0 spiro atoms. The maximum atomic E-state index is 13.1. The molecule has 0 unspecified atom stereocenters. The van der Waals surface area contributed by atoms with E-state index in [1.54, 1.807) is 40.9 Å². The van der Waals surface area contributed by atoms with Crippen molar-refractivity contribution >= 4 is 34.9 Å². The first-order chi connectivity index (χ1) is 14.8. The van der Waals surface area contributed by atoms with Crippen LogP contribution in [0.1, 0.15) is 16.1 Å². The second kappa shape index (κ2) is 7.02. The topological polar surface area (TPSA) is 88.6 Å². The molecule has 1 aliphatic rings. The largest absolute Gasteiger partial charge is 0.324 e. The van der Waals surface area contributed by atoms with Gasteiger partial charge < -0.3 is 14.7 Å². The van der Waals surface area contributed by atoms with Gasteiger partial charge in [-0.2, -0.15) is 4.98 Å². The van der Waals surface area contributed by atoms with Crippen LogP contribution in [0.15, 0.2) is 47.2 Å².